The molecule has 4 nitrogen and oxygen atoms in total. The highest BCUT2D eigenvalue weighted by Gasteiger charge is 2.20. The van der Waals surface area contributed by atoms with E-state index >= 15 is 0 Å². The Labute approximate surface area is 125 Å². The Hall–Kier alpha value is -1.39. The SMILES string of the molecule is O=C1NCCc2ccc(C(O)CCC3CCCCO3)cc21. The van der Waals surface area contributed by atoms with E-state index in [4.69, 9.17) is 4.74 Å². The number of rotatable bonds is 4. The largest absolute Gasteiger partial charge is 0.388 e. The van der Waals surface area contributed by atoms with Gasteiger partial charge in [-0.2, -0.15) is 0 Å². The molecule has 2 aliphatic rings. The quantitative estimate of drug-likeness (QED) is 0.894. The second-order valence-electron chi connectivity index (χ2n) is 6.00. The van der Waals surface area contributed by atoms with Crippen LogP contribution in [0.4, 0.5) is 0 Å². The van der Waals surface area contributed by atoms with Crippen molar-refractivity contribution in [1.82, 2.24) is 5.32 Å². The predicted octanol–water partition coefficient (Wildman–Crippen LogP) is 2.36. The lowest BCUT2D eigenvalue weighted by molar-refractivity contribution is 0.00212. The summed E-state index contributed by atoms with van der Waals surface area (Å²) in [5.74, 6) is -0.0269. The fourth-order valence-corrected chi connectivity index (χ4v) is 3.18. The number of aliphatic hydroxyl groups is 1. The summed E-state index contributed by atoms with van der Waals surface area (Å²) in [7, 11) is 0. The highest BCUT2D eigenvalue weighted by molar-refractivity contribution is 5.96. The van der Waals surface area contributed by atoms with Crippen LogP contribution in [0.3, 0.4) is 0 Å². The van der Waals surface area contributed by atoms with Crippen molar-refractivity contribution in [3.05, 3.63) is 34.9 Å². The second-order valence-corrected chi connectivity index (χ2v) is 6.00. The summed E-state index contributed by atoms with van der Waals surface area (Å²) in [5.41, 5.74) is 2.62. The van der Waals surface area contributed by atoms with E-state index in [1.807, 2.05) is 18.2 Å². The van der Waals surface area contributed by atoms with Crippen molar-refractivity contribution in [3.63, 3.8) is 0 Å². The molecule has 1 amide bonds. The molecule has 0 radical (unpaired) electrons. The van der Waals surface area contributed by atoms with Gasteiger partial charge in [0, 0.05) is 18.7 Å². The maximum Gasteiger partial charge on any atom is 0.251 e. The summed E-state index contributed by atoms with van der Waals surface area (Å²) in [6.07, 6.45) is 5.67. The van der Waals surface area contributed by atoms with E-state index in [0.29, 0.717) is 18.5 Å². The van der Waals surface area contributed by atoms with Crippen LogP contribution in [0.25, 0.3) is 0 Å². The molecule has 21 heavy (non-hydrogen) atoms. The highest BCUT2D eigenvalue weighted by Crippen LogP contribution is 2.26. The van der Waals surface area contributed by atoms with Gasteiger partial charge in [-0.15, -0.1) is 0 Å². The molecule has 0 spiro atoms. The van der Waals surface area contributed by atoms with Gasteiger partial charge >= 0.3 is 0 Å². The zero-order valence-electron chi connectivity index (χ0n) is 12.3. The van der Waals surface area contributed by atoms with Crippen molar-refractivity contribution in [2.45, 2.75) is 50.7 Å². The number of aliphatic hydroxyl groups excluding tert-OH is 1. The third-order valence-electron chi connectivity index (χ3n) is 4.48. The first-order chi connectivity index (χ1) is 10.2. The second kappa shape index (κ2) is 6.58. The van der Waals surface area contributed by atoms with Gasteiger partial charge < -0.3 is 15.2 Å². The van der Waals surface area contributed by atoms with Gasteiger partial charge in [-0.3, -0.25) is 4.79 Å². The molecule has 4 heteroatoms. The maximum absolute atomic E-state index is 11.9. The molecular formula is C17H23NO3. The third kappa shape index (κ3) is 3.44. The first-order valence-corrected chi connectivity index (χ1v) is 7.95. The summed E-state index contributed by atoms with van der Waals surface area (Å²) in [6.45, 7) is 1.55. The molecule has 0 aromatic heterocycles. The lowest BCUT2D eigenvalue weighted by Gasteiger charge is -2.24. The van der Waals surface area contributed by atoms with E-state index in [0.717, 1.165) is 43.4 Å². The maximum atomic E-state index is 11.9. The normalized spacial score (nSPS) is 23.3. The minimum Gasteiger partial charge on any atom is -0.388 e. The van der Waals surface area contributed by atoms with Crippen molar-refractivity contribution in [1.29, 1.82) is 0 Å². The average molecular weight is 289 g/mol. The number of hydrogen-bond donors (Lipinski definition) is 2. The van der Waals surface area contributed by atoms with E-state index in [2.05, 4.69) is 5.32 Å². The summed E-state index contributed by atoms with van der Waals surface area (Å²) in [5, 5.41) is 13.2. The van der Waals surface area contributed by atoms with Crippen molar-refractivity contribution in [2.24, 2.45) is 0 Å². The number of benzene rings is 1. The Balaban J connectivity index is 1.63. The van der Waals surface area contributed by atoms with Crippen LogP contribution < -0.4 is 5.32 Å². The summed E-state index contributed by atoms with van der Waals surface area (Å²) in [4.78, 5) is 11.9. The fraction of sp³-hybridized carbons (Fsp3) is 0.588. The monoisotopic (exact) mass is 289 g/mol. The van der Waals surface area contributed by atoms with Gasteiger partial charge in [0.15, 0.2) is 0 Å². The molecule has 2 aliphatic heterocycles. The lowest BCUT2D eigenvalue weighted by atomic mass is 9.93. The minimum absolute atomic E-state index is 0.0269. The molecule has 2 atom stereocenters. The molecule has 0 bridgehead atoms. The standard InChI is InChI=1S/C17H23NO3/c19-16(7-6-14-3-1-2-10-21-14)13-5-4-12-8-9-18-17(20)15(12)11-13/h4-5,11,14,16,19H,1-3,6-10H2,(H,18,20). The molecule has 2 heterocycles. The van der Waals surface area contributed by atoms with Crippen molar-refractivity contribution >= 4 is 5.91 Å². The number of carbonyl (C=O) groups excluding carboxylic acids is 1. The number of carbonyl (C=O) groups is 1. The van der Waals surface area contributed by atoms with Crippen LogP contribution >= 0.6 is 0 Å². The summed E-state index contributed by atoms with van der Waals surface area (Å²) in [6, 6.07) is 5.77. The molecule has 2 unspecified atom stereocenters. The zero-order chi connectivity index (χ0) is 14.7. The van der Waals surface area contributed by atoms with Crippen molar-refractivity contribution in [3.8, 4) is 0 Å². The van der Waals surface area contributed by atoms with E-state index in [-0.39, 0.29) is 12.0 Å². The van der Waals surface area contributed by atoms with Crippen LogP contribution in [0.2, 0.25) is 0 Å². The zero-order valence-corrected chi connectivity index (χ0v) is 12.3. The Morgan fingerprint density at radius 1 is 1.38 bits per heavy atom. The van der Waals surface area contributed by atoms with Crippen molar-refractivity contribution < 1.29 is 14.6 Å². The van der Waals surface area contributed by atoms with E-state index in [1.54, 1.807) is 0 Å². The Kier molecular flexibility index (Phi) is 4.56. The van der Waals surface area contributed by atoms with Gasteiger partial charge in [0.1, 0.15) is 0 Å². The molecule has 1 fully saturated rings. The van der Waals surface area contributed by atoms with Gasteiger partial charge in [-0.05, 0) is 55.7 Å². The van der Waals surface area contributed by atoms with Gasteiger partial charge in [0.25, 0.3) is 5.91 Å². The van der Waals surface area contributed by atoms with E-state index in [1.165, 1.54) is 6.42 Å². The molecule has 1 saturated heterocycles. The molecular weight excluding hydrogens is 266 g/mol. The van der Waals surface area contributed by atoms with Crippen LogP contribution in [-0.2, 0) is 11.2 Å². The molecule has 0 aliphatic carbocycles. The fourth-order valence-electron chi connectivity index (χ4n) is 3.18. The number of amides is 1. The number of hydrogen-bond acceptors (Lipinski definition) is 3. The smallest absolute Gasteiger partial charge is 0.251 e. The van der Waals surface area contributed by atoms with E-state index in [9.17, 15) is 9.90 Å². The first-order valence-electron chi connectivity index (χ1n) is 7.95. The summed E-state index contributed by atoms with van der Waals surface area (Å²) < 4.78 is 5.70. The Morgan fingerprint density at radius 2 is 2.29 bits per heavy atom. The van der Waals surface area contributed by atoms with Gasteiger partial charge in [-0.25, -0.2) is 0 Å². The molecule has 3 rings (SSSR count). The number of nitrogens with one attached hydrogen (secondary N) is 1. The van der Waals surface area contributed by atoms with E-state index < -0.39 is 6.10 Å². The van der Waals surface area contributed by atoms with Crippen LogP contribution in [-0.4, -0.2) is 30.3 Å². The predicted molar refractivity (Wildman–Crippen MR) is 80.3 cm³/mol. The number of fused-ring (bicyclic) bond motifs is 1. The molecule has 2 N–H and O–H groups in total. The van der Waals surface area contributed by atoms with Crippen LogP contribution in [0, 0.1) is 0 Å². The number of ether oxygens (including phenoxy) is 1. The topological polar surface area (TPSA) is 58.6 Å². The Bertz CT molecular complexity index is 509. The van der Waals surface area contributed by atoms with Gasteiger partial charge in [0.05, 0.1) is 12.2 Å². The van der Waals surface area contributed by atoms with Gasteiger partial charge in [-0.1, -0.05) is 12.1 Å². The molecule has 114 valence electrons. The first kappa shape index (κ1) is 14.5. The van der Waals surface area contributed by atoms with Crippen LogP contribution in [0.5, 0.6) is 0 Å². The molecule has 0 saturated carbocycles. The Morgan fingerprint density at radius 3 is 3.10 bits per heavy atom. The highest BCUT2D eigenvalue weighted by atomic mass is 16.5. The average Bonchev–Trinajstić information content (AvgIpc) is 2.54. The lowest BCUT2D eigenvalue weighted by Crippen LogP contribution is -2.31. The van der Waals surface area contributed by atoms with Crippen molar-refractivity contribution in [2.75, 3.05) is 13.2 Å². The van der Waals surface area contributed by atoms with Crippen LogP contribution in [0.1, 0.15) is 59.7 Å². The van der Waals surface area contributed by atoms with Crippen LogP contribution in [0.15, 0.2) is 18.2 Å². The molecule has 1 aromatic rings. The molecule has 1 aromatic carbocycles. The third-order valence-corrected chi connectivity index (χ3v) is 4.48. The minimum atomic E-state index is -0.518. The van der Waals surface area contributed by atoms with Gasteiger partial charge in [0.2, 0.25) is 0 Å². The summed E-state index contributed by atoms with van der Waals surface area (Å²) >= 11 is 0.